The van der Waals surface area contributed by atoms with E-state index in [2.05, 4.69) is 0 Å². The number of carbonyl (C=O) groups is 1. The van der Waals surface area contributed by atoms with Crippen molar-refractivity contribution in [2.75, 3.05) is 0 Å². The first-order valence-electron chi connectivity index (χ1n) is 3.81. The molecule has 0 aliphatic carbocycles. The molecule has 0 atom stereocenters. The second-order valence-corrected chi connectivity index (χ2v) is 2.86. The first-order valence-corrected chi connectivity index (χ1v) is 3.81. The van der Waals surface area contributed by atoms with Crippen molar-refractivity contribution in [2.45, 2.75) is 13.8 Å². The van der Waals surface area contributed by atoms with Gasteiger partial charge in [0.25, 0.3) is 0 Å². The number of aryl methyl sites for hydroxylation is 1. The van der Waals surface area contributed by atoms with Gasteiger partial charge in [0.05, 0.1) is 5.56 Å². The van der Waals surface area contributed by atoms with Gasteiger partial charge in [0, 0.05) is 5.56 Å². The van der Waals surface area contributed by atoms with E-state index in [1.54, 1.807) is 13.0 Å². The van der Waals surface area contributed by atoms with E-state index < -0.39 is 0 Å². The van der Waals surface area contributed by atoms with Crippen LogP contribution in [0.2, 0.25) is 0 Å². The Hall–Kier alpha value is -1.82. The van der Waals surface area contributed by atoms with E-state index in [9.17, 15) is 9.90 Å². The van der Waals surface area contributed by atoms with Crippen LogP contribution in [-0.4, -0.2) is 10.9 Å². The van der Waals surface area contributed by atoms with Crippen molar-refractivity contribution < 1.29 is 9.90 Å². The zero-order chi connectivity index (χ0) is 10.0. The fraction of sp³-hybridized carbons (Fsp3) is 0.200. The molecule has 0 fully saturated rings. The number of phenolic OH excluding ortho intramolecular Hbond substituents is 1. The number of Topliss-reactive ketones (excluding diaryl/α,β-unsaturated/α-hetero) is 1. The summed E-state index contributed by atoms with van der Waals surface area (Å²) in [6.07, 6.45) is 0. The monoisotopic (exact) mass is 175 g/mol. The maximum Gasteiger partial charge on any atom is 0.159 e. The molecule has 1 aromatic carbocycles. The Balaban J connectivity index is 3.41. The van der Waals surface area contributed by atoms with Gasteiger partial charge >= 0.3 is 0 Å². The lowest BCUT2D eigenvalue weighted by Crippen LogP contribution is -1.94. The van der Waals surface area contributed by atoms with Crippen LogP contribution in [-0.2, 0) is 0 Å². The third-order valence-corrected chi connectivity index (χ3v) is 1.83. The summed E-state index contributed by atoms with van der Waals surface area (Å²) in [6.45, 7) is 3.08. The fourth-order valence-electron chi connectivity index (χ4n) is 1.07. The Bertz CT molecular complexity index is 402. The molecule has 3 nitrogen and oxygen atoms in total. The number of hydrogen-bond acceptors (Lipinski definition) is 3. The highest BCUT2D eigenvalue weighted by Gasteiger charge is 2.08. The number of hydrogen-bond donors (Lipinski definition) is 1. The molecule has 0 radical (unpaired) electrons. The summed E-state index contributed by atoms with van der Waals surface area (Å²) in [5.74, 6) is -0.160. The molecule has 0 spiro atoms. The van der Waals surface area contributed by atoms with Crippen molar-refractivity contribution >= 4 is 5.78 Å². The van der Waals surface area contributed by atoms with Gasteiger partial charge in [-0.05, 0) is 31.5 Å². The van der Waals surface area contributed by atoms with Gasteiger partial charge in [-0.3, -0.25) is 4.79 Å². The molecule has 0 aliphatic heterocycles. The van der Waals surface area contributed by atoms with E-state index >= 15 is 0 Å². The predicted molar refractivity (Wildman–Crippen MR) is 47.6 cm³/mol. The SMILES string of the molecule is CC(=O)c1cc(C)c(O)c(C#N)c1. The molecule has 3 heteroatoms. The summed E-state index contributed by atoms with van der Waals surface area (Å²) in [6, 6.07) is 4.79. The van der Waals surface area contributed by atoms with E-state index in [0.717, 1.165) is 0 Å². The minimum absolute atomic E-state index is 0.0486. The number of rotatable bonds is 1. The lowest BCUT2D eigenvalue weighted by Gasteiger charge is -2.03. The van der Waals surface area contributed by atoms with Crippen LogP contribution < -0.4 is 0 Å². The molecule has 0 aliphatic rings. The van der Waals surface area contributed by atoms with Crippen molar-refractivity contribution in [2.24, 2.45) is 0 Å². The van der Waals surface area contributed by atoms with E-state index in [0.29, 0.717) is 11.1 Å². The number of aromatic hydroxyl groups is 1. The number of nitrogens with zero attached hydrogens (tertiary/aromatic N) is 1. The average molecular weight is 175 g/mol. The number of carbonyl (C=O) groups excluding carboxylic acids is 1. The standard InChI is InChI=1S/C10H9NO2/c1-6-3-8(7(2)12)4-9(5-11)10(6)13/h3-4,13H,1-2H3. The highest BCUT2D eigenvalue weighted by molar-refractivity contribution is 5.95. The van der Waals surface area contributed by atoms with Crippen LogP contribution in [0, 0.1) is 18.3 Å². The molecular formula is C10H9NO2. The molecule has 0 saturated carbocycles. The quantitative estimate of drug-likeness (QED) is 0.661. The van der Waals surface area contributed by atoms with Crippen molar-refractivity contribution in [1.82, 2.24) is 0 Å². The molecule has 1 N–H and O–H groups in total. The van der Waals surface area contributed by atoms with Crippen LogP contribution in [0.25, 0.3) is 0 Å². The number of ketones is 1. The summed E-state index contributed by atoms with van der Waals surface area (Å²) >= 11 is 0. The first kappa shape index (κ1) is 9.27. The van der Waals surface area contributed by atoms with Gasteiger partial charge in [-0.15, -0.1) is 0 Å². The Morgan fingerprint density at radius 2 is 2.15 bits per heavy atom. The second kappa shape index (κ2) is 3.28. The topological polar surface area (TPSA) is 61.1 Å². The smallest absolute Gasteiger partial charge is 0.159 e. The molecule has 66 valence electrons. The summed E-state index contributed by atoms with van der Waals surface area (Å²) in [5.41, 5.74) is 1.14. The normalized spacial score (nSPS) is 9.31. The minimum atomic E-state index is -0.111. The van der Waals surface area contributed by atoms with Crippen molar-refractivity contribution in [3.8, 4) is 11.8 Å². The third-order valence-electron chi connectivity index (χ3n) is 1.83. The van der Waals surface area contributed by atoms with E-state index in [1.165, 1.54) is 13.0 Å². The lowest BCUT2D eigenvalue weighted by molar-refractivity contribution is 0.101. The molecule has 0 heterocycles. The van der Waals surface area contributed by atoms with E-state index in [1.807, 2.05) is 6.07 Å². The van der Waals surface area contributed by atoms with Crippen LogP contribution in [0.1, 0.15) is 28.4 Å². The van der Waals surface area contributed by atoms with Gasteiger partial charge in [0.15, 0.2) is 5.78 Å². The van der Waals surface area contributed by atoms with E-state index in [4.69, 9.17) is 5.26 Å². The maximum atomic E-state index is 11.0. The van der Waals surface area contributed by atoms with Gasteiger partial charge in [-0.1, -0.05) is 0 Å². The number of nitriles is 1. The van der Waals surface area contributed by atoms with Crippen molar-refractivity contribution in [3.05, 3.63) is 28.8 Å². The summed E-state index contributed by atoms with van der Waals surface area (Å²) in [7, 11) is 0. The van der Waals surface area contributed by atoms with Gasteiger partial charge in [-0.25, -0.2) is 0 Å². The minimum Gasteiger partial charge on any atom is -0.506 e. The molecular weight excluding hydrogens is 166 g/mol. The van der Waals surface area contributed by atoms with Crippen LogP contribution in [0.5, 0.6) is 5.75 Å². The van der Waals surface area contributed by atoms with Gasteiger partial charge < -0.3 is 5.11 Å². The van der Waals surface area contributed by atoms with Crippen LogP contribution in [0.15, 0.2) is 12.1 Å². The molecule has 0 amide bonds. The number of phenols is 1. The summed E-state index contributed by atoms with van der Waals surface area (Å²) in [4.78, 5) is 11.0. The molecule has 0 unspecified atom stereocenters. The molecule has 1 rings (SSSR count). The van der Waals surface area contributed by atoms with Crippen LogP contribution in [0.4, 0.5) is 0 Å². The predicted octanol–water partition coefficient (Wildman–Crippen LogP) is 1.77. The maximum absolute atomic E-state index is 11.0. The molecule has 13 heavy (non-hydrogen) atoms. The fourth-order valence-corrected chi connectivity index (χ4v) is 1.07. The third kappa shape index (κ3) is 1.67. The average Bonchev–Trinajstić information content (AvgIpc) is 2.09. The Kier molecular flexibility index (Phi) is 2.34. The second-order valence-electron chi connectivity index (χ2n) is 2.86. The molecule has 0 aromatic heterocycles. The summed E-state index contributed by atoms with van der Waals surface area (Å²) in [5, 5.41) is 18.0. The molecule has 0 saturated heterocycles. The Morgan fingerprint density at radius 1 is 1.54 bits per heavy atom. The van der Waals surface area contributed by atoms with Crippen molar-refractivity contribution in [3.63, 3.8) is 0 Å². The van der Waals surface area contributed by atoms with Crippen LogP contribution >= 0.6 is 0 Å². The molecule has 0 bridgehead atoms. The zero-order valence-electron chi connectivity index (χ0n) is 7.46. The highest BCUT2D eigenvalue weighted by atomic mass is 16.3. The van der Waals surface area contributed by atoms with Crippen molar-refractivity contribution in [1.29, 1.82) is 5.26 Å². The zero-order valence-corrected chi connectivity index (χ0v) is 7.46. The largest absolute Gasteiger partial charge is 0.506 e. The van der Waals surface area contributed by atoms with Crippen LogP contribution in [0.3, 0.4) is 0 Å². The molecule has 1 aromatic rings. The van der Waals surface area contributed by atoms with E-state index in [-0.39, 0.29) is 17.1 Å². The van der Waals surface area contributed by atoms with Gasteiger partial charge in [0.1, 0.15) is 11.8 Å². The highest BCUT2D eigenvalue weighted by Crippen LogP contribution is 2.23. The summed E-state index contributed by atoms with van der Waals surface area (Å²) < 4.78 is 0. The first-order chi connectivity index (χ1) is 6.06. The van der Waals surface area contributed by atoms with Gasteiger partial charge in [-0.2, -0.15) is 5.26 Å². The van der Waals surface area contributed by atoms with Gasteiger partial charge in [0.2, 0.25) is 0 Å². The Labute approximate surface area is 76.2 Å². The lowest BCUT2D eigenvalue weighted by atomic mass is 10.0. The number of benzene rings is 1. The Morgan fingerprint density at radius 3 is 2.62 bits per heavy atom.